The summed E-state index contributed by atoms with van der Waals surface area (Å²) in [6, 6.07) is 103. The van der Waals surface area contributed by atoms with Gasteiger partial charge in [0.25, 0.3) is 0 Å². The number of hydrogen-bond acceptors (Lipinski definition) is 3. The molecule has 11 aromatic carbocycles. The lowest BCUT2D eigenvalue weighted by Gasteiger charge is -2.35. The molecule has 4 heterocycles. The number of nitriles is 1. The summed E-state index contributed by atoms with van der Waals surface area (Å²) < 4.78 is 6.90. The molecular formula is C71H46N6Si. The van der Waals surface area contributed by atoms with Crippen molar-refractivity contribution in [2.75, 3.05) is 0 Å². The SMILES string of the molecule is N#Cc1ccc2c(c1)c1ccc3c(c4ccccc4n3-c3ccccc3)c1n2-c1nc(-c2cccc([Si](c3ccccc3)(c3ccccc3)c3cccc(-c4ccccc4)c3)c2)cc(-n2c3ccccc3c3ccccc32)n1. The van der Waals surface area contributed by atoms with Crippen molar-refractivity contribution in [1.29, 1.82) is 5.26 Å². The predicted molar refractivity (Wildman–Crippen MR) is 324 cm³/mol. The maximum Gasteiger partial charge on any atom is 0.237 e. The van der Waals surface area contributed by atoms with Gasteiger partial charge in [-0.2, -0.15) is 10.2 Å². The van der Waals surface area contributed by atoms with Gasteiger partial charge in [0.1, 0.15) is 5.82 Å². The van der Waals surface area contributed by atoms with Crippen LogP contribution in [0.3, 0.4) is 0 Å². The highest BCUT2D eigenvalue weighted by Crippen LogP contribution is 2.43. The number of fused-ring (bicyclic) bond motifs is 10. The number of nitrogens with zero attached hydrogens (tertiary/aromatic N) is 6. The van der Waals surface area contributed by atoms with E-state index in [0.717, 1.165) is 88.2 Å². The molecule has 0 unspecified atom stereocenters. The van der Waals surface area contributed by atoms with Crippen LogP contribution in [0.4, 0.5) is 0 Å². The van der Waals surface area contributed by atoms with Gasteiger partial charge in [-0.1, -0.05) is 218 Å². The van der Waals surface area contributed by atoms with Gasteiger partial charge < -0.3 is 4.57 Å². The second kappa shape index (κ2) is 18.2. The van der Waals surface area contributed by atoms with E-state index in [2.05, 4.69) is 287 Å². The molecule has 4 aromatic heterocycles. The van der Waals surface area contributed by atoms with Crippen LogP contribution in [0.25, 0.3) is 105 Å². The first-order chi connectivity index (χ1) is 38.7. The molecule has 364 valence electrons. The van der Waals surface area contributed by atoms with E-state index in [0.29, 0.717) is 11.5 Å². The third-order valence-electron chi connectivity index (χ3n) is 15.8. The summed E-state index contributed by atoms with van der Waals surface area (Å²) in [6.45, 7) is 0. The number of para-hydroxylation sites is 4. The van der Waals surface area contributed by atoms with Gasteiger partial charge >= 0.3 is 0 Å². The average molecular weight is 1010 g/mol. The Bertz CT molecular complexity index is 4770. The fourth-order valence-corrected chi connectivity index (χ4v) is 17.3. The first-order valence-corrected chi connectivity index (χ1v) is 28.4. The van der Waals surface area contributed by atoms with Crippen LogP contribution in [-0.4, -0.2) is 31.7 Å². The van der Waals surface area contributed by atoms with Crippen LogP contribution in [0.5, 0.6) is 0 Å². The molecule has 15 aromatic rings. The van der Waals surface area contributed by atoms with Crippen LogP contribution >= 0.6 is 0 Å². The van der Waals surface area contributed by atoms with Crippen LogP contribution in [0, 0.1) is 11.3 Å². The van der Waals surface area contributed by atoms with Crippen molar-refractivity contribution in [3.63, 3.8) is 0 Å². The van der Waals surface area contributed by atoms with Crippen molar-refractivity contribution >= 4 is 94.2 Å². The normalized spacial score (nSPS) is 11.8. The molecule has 78 heavy (non-hydrogen) atoms. The summed E-state index contributed by atoms with van der Waals surface area (Å²) in [5.74, 6) is 1.26. The van der Waals surface area contributed by atoms with Crippen molar-refractivity contribution < 1.29 is 0 Å². The minimum absolute atomic E-state index is 0.522. The molecule has 0 aliphatic rings. The third-order valence-corrected chi connectivity index (χ3v) is 20.6. The van der Waals surface area contributed by atoms with Crippen molar-refractivity contribution in [3.8, 4) is 45.9 Å². The Balaban J connectivity index is 1.06. The molecular weight excluding hydrogens is 965 g/mol. The van der Waals surface area contributed by atoms with Crippen LogP contribution in [0.1, 0.15) is 5.56 Å². The quantitative estimate of drug-likeness (QED) is 0.107. The van der Waals surface area contributed by atoms with Gasteiger partial charge in [-0.05, 0) is 86.5 Å². The standard InChI is InChI=1S/C71H46N6Si/c72-47-48-39-41-66-61(43-48)59-40-42-67-69(60-35-15-18-38-65(60)75(67)52-25-7-2-8-26-52)70(59)77(66)71-73-62(46-68(74-71)76-63-36-16-13-33-57(63)58-34-14-17-37-64(58)76)51-24-20-32-56(45-51)78(53-27-9-3-10-28-53,54-29-11-4-12-30-54)55-31-19-23-50(44-55)49-21-5-1-6-22-49/h1-46H. The zero-order valence-corrected chi connectivity index (χ0v) is 43.2. The summed E-state index contributed by atoms with van der Waals surface area (Å²) in [7, 11) is -3.08. The average Bonchev–Trinajstić information content (AvgIpc) is 4.34. The molecule has 0 radical (unpaired) electrons. The van der Waals surface area contributed by atoms with Crippen molar-refractivity contribution in [1.82, 2.24) is 23.7 Å². The maximum atomic E-state index is 10.4. The Kier molecular flexibility index (Phi) is 10.5. The molecule has 0 N–H and O–H groups in total. The lowest BCUT2D eigenvalue weighted by molar-refractivity contribution is 0.953. The van der Waals surface area contributed by atoms with Crippen molar-refractivity contribution in [2.45, 2.75) is 0 Å². The molecule has 0 fully saturated rings. The number of hydrogen-bond donors (Lipinski definition) is 0. The summed E-state index contributed by atoms with van der Waals surface area (Å²) in [4.78, 5) is 11.5. The lowest BCUT2D eigenvalue weighted by Crippen LogP contribution is -2.74. The Hall–Kier alpha value is -10.4. The molecule has 7 heteroatoms. The lowest BCUT2D eigenvalue weighted by atomic mass is 10.1. The first kappa shape index (κ1) is 45.0. The van der Waals surface area contributed by atoms with Crippen LogP contribution in [-0.2, 0) is 0 Å². The minimum atomic E-state index is -3.08. The van der Waals surface area contributed by atoms with Crippen LogP contribution in [0.2, 0.25) is 0 Å². The Labute approximate surface area is 451 Å². The van der Waals surface area contributed by atoms with Crippen LogP contribution in [0.15, 0.2) is 279 Å². The highest BCUT2D eigenvalue weighted by atomic mass is 28.3. The molecule has 0 saturated carbocycles. The fourth-order valence-electron chi connectivity index (χ4n) is 12.5. The zero-order chi connectivity index (χ0) is 51.7. The highest BCUT2D eigenvalue weighted by Gasteiger charge is 2.42. The molecule has 0 bridgehead atoms. The fraction of sp³-hybridized carbons (Fsp3) is 0. The van der Waals surface area contributed by atoms with Crippen molar-refractivity contribution in [2.24, 2.45) is 0 Å². The van der Waals surface area contributed by atoms with Gasteiger partial charge in [-0.25, -0.2) is 4.98 Å². The second-order valence-electron chi connectivity index (χ2n) is 20.0. The molecule has 0 spiro atoms. The van der Waals surface area contributed by atoms with E-state index >= 15 is 0 Å². The molecule has 0 amide bonds. The van der Waals surface area contributed by atoms with E-state index in [9.17, 15) is 5.26 Å². The molecule has 15 rings (SSSR count). The smallest absolute Gasteiger partial charge is 0.237 e. The summed E-state index contributed by atoms with van der Waals surface area (Å²) in [6.07, 6.45) is 0. The van der Waals surface area contributed by atoms with Gasteiger partial charge in [-0.3, -0.25) is 9.13 Å². The van der Waals surface area contributed by atoms with E-state index in [4.69, 9.17) is 9.97 Å². The number of aromatic nitrogens is 5. The minimum Gasteiger partial charge on any atom is -0.309 e. The zero-order valence-electron chi connectivity index (χ0n) is 42.2. The molecule has 0 atom stereocenters. The summed E-state index contributed by atoms with van der Waals surface area (Å²) >= 11 is 0. The Morgan fingerprint density at radius 3 is 1.47 bits per heavy atom. The van der Waals surface area contributed by atoms with E-state index in [-0.39, 0.29) is 0 Å². The molecule has 0 aliphatic heterocycles. The molecule has 0 saturated heterocycles. The summed E-state index contributed by atoms with van der Waals surface area (Å²) in [5, 5.41) is 21.9. The second-order valence-corrected chi connectivity index (χ2v) is 23.8. The first-order valence-electron chi connectivity index (χ1n) is 26.4. The topological polar surface area (TPSA) is 64.4 Å². The predicted octanol–water partition coefficient (Wildman–Crippen LogP) is 14.4. The van der Waals surface area contributed by atoms with E-state index in [1.807, 2.05) is 12.1 Å². The van der Waals surface area contributed by atoms with Gasteiger partial charge in [-0.15, -0.1) is 0 Å². The van der Waals surface area contributed by atoms with E-state index in [1.54, 1.807) is 0 Å². The van der Waals surface area contributed by atoms with E-state index in [1.165, 1.54) is 31.9 Å². The number of rotatable bonds is 9. The molecule has 6 nitrogen and oxygen atoms in total. The maximum absolute atomic E-state index is 10.4. The Morgan fingerprint density at radius 1 is 0.333 bits per heavy atom. The third kappa shape index (κ3) is 6.94. The molecule has 0 aliphatic carbocycles. The number of benzene rings is 11. The van der Waals surface area contributed by atoms with Crippen LogP contribution < -0.4 is 20.7 Å². The summed E-state index contributed by atoms with van der Waals surface area (Å²) in [5.41, 5.74) is 11.9. The Morgan fingerprint density at radius 2 is 0.833 bits per heavy atom. The largest absolute Gasteiger partial charge is 0.309 e. The van der Waals surface area contributed by atoms with E-state index < -0.39 is 8.07 Å². The van der Waals surface area contributed by atoms with Gasteiger partial charge in [0.2, 0.25) is 5.95 Å². The monoisotopic (exact) mass is 1010 g/mol. The van der Waals surface area contributed by atoms with Gasteiger partial charge in [0.05, 0.1) is 50.4 Å². The van der Waals surface area contributed by atoms with Crippen molar-refractivity contribution in [3.05, 3.63) is 285 Å². The van der Waals surface area contributed by atoms with Gasteiger partial charge in [0.15, 0.2) is 8.07 Å². The van der Waals surface area contributed by atoms with Gasteiger partial charge in [0, 0.05) is 49.6 Å². The highest BCUT2D eigenvalue weighted by molar-refractivity contribution is 7.20.